The fourth-order valence-corrected chi connectivity index (χ4v) is 3.04. The number of amides is 2. The molecule has 1 saturated heterocycles. The average Bonchev–Trinajstić information content (AvgIpc) is 2.84. The Morgan fingerprint density at radius 2 is 2.26 bits per heavy atom. The van der Waals surface area contributed by atoms with Gasteiger partial charge in [0, 0.05) is 30.9 Å². The third-order valence-electron chi connectivity index (χ3n) is 3.53. The SMILES string of the molecule is CC(c1cccs1)N(C)C(=O)N1CC(CC(=O)O)C1. The van der Waals surface area contributed by atoms with Gasteiger partial charge in [0.1, 0.15) is 0 Å². The predicted molar refractivity (Wildman–Crippen MR) is 73.2 cm³/mol. The maximum absolute atomic E-state index is 12.2. The van der Waals surface area contributed by atoms with E-state index in [1.807, 2.05) is 24.4 Å². The van der Waals surface area contributed by atoms with E-state index in [0.29, 0.717) is 13.1 Å². The van der Waals surface area contributed by atoms with Crippen LogP contribution in [-0.2, 0) is 4.79 Å². The van der Waals surface area contributed by atoms with Gasteiger partial charge in [0.15, 0.2) is 0 Å². The van der Waals surface area contributed by atoms with Crippen LogP contribution in [0.2, 0.25) is 0 Å². The molecule has 104 valence electrons. The number of carboxylic acid groups (broad SMARTS) is 1. The lowest BCUT2D eigenvalue weighted by Crippen LogP contribution is -2.54. The first-order valence-electron chi connectivity index (χ1n) is 6.26. The maximum Gasteiger partial charge on any atom is 0.320 e. The average molecular weight is 282 g/mol. The van der Waals surface area contributed by atoms with Crippen LogP contribution in [0.3, 0.4) is 0 Å². The summed E-state index contributed by atoms with van der Waals surface area (Å²) in [5.74, 6) is -0.690. The molecule has 0 spiro atoms. The molecule has 1 aliphatic heterocycles. The van der Waals surface area contributed by atoms with Gasteiger partial charge in [-0.1, -0.05) is 6.07 Å². The normalized spacial score (nSPS) is 16.8. The van der Waals surface area contributed by atoms with E-state index >= 15 is 0 Å². The molecule has 2 heterocycles. The molecule has 0 bridgehead atoms. The molecule has 1 aromatic rings. The third kappa shape index (κ3) is 3.07. The standard InChI is InChI=1S/C13H18N2O3S/c1-9(11-4-3-5-19-11)14(2)13(18)15-7-10(8-15)6-12(16)17/h3-5,9-10H,6-8H2,1-2H3,(H,16,17). The number of likely N-dealkylation sites (tertiary alicyclic amines) is 1. The second kappa shape index (κ2) is 5.61. The number of carboxylic acids is 1. The van der Waals surface area contributed by atoms with Gasteiger partial charge in [-0.15, -0.1) is 11.3 Å². The van der Waals surface area contributed by atoms with Crippen LogP contribution in [0.25, 0.3) is 0 Å². The van der Waals surface area contributed by atoms with Crippen molar-refractivity contribution in [3.8, 4) is 0 Å². The van der Waals surface area contributed by atoms with Crippen molar-refractivity contribution in [2.45, 2.75) is 19.4 Å². The van der Waals surface area contributed by atoms with Crippen LogP contribution in [0.5, 0.6) is 0 Å². The Balaban J connectivity index is 1.86. The monoisotopic (exact) mass is 282 g/mol. The minimum absolute atomic E-state index is 0.0254. The smallest absolute Gasteiger partial charge is 0.320 e. The van der Waals surface area contributed by atoms with Crippen LogP contribution in [0.15, 0.2) is 17.5 Å². The number of aliphatic carboxylic acids is 1. The summed E-state index contributed by atoms with van der Waals surface area (Å²) in [5.41, 5.74) is 0. The van der Waals surface area contributed by atoms with Crippen molar-refractivity contribution >= 4 is 23.3 Å². The van der Waals surface area contributed by atoms with Gasteiger partial charge in [0.05, 0.1) is 12.5 Å². The number of urea groups is 1. The summed E-state index contributed by atoms with van der Waals surface area (Å²) in [4.78, 5) is 27.3. The van der Waals surface area contributed by atoms with Crippen molar-refractivity contribution < 1.29 is 14.7 Å². The van der Waals surface area contributed by atoms with E-state index in [4.69, 9.17) is 5.11 Å². The van der Waals surface area contributed by atoms with Gasteiger partial charge < -0.3 is 14.9 Å². The van der Waals surface area contributed by atoms with Gasteiger partial charge in [-0.2, -0.15) is 0 Å². The molecule has 1 N–H and O–H groups in total. The summed E-state index contributed by atoms with van der Waals surface area (Å²) in [6.45, 7) is 3.09. The molecule has 0 aliphatic carbocycles. The summed E-state index contributed by atoms with van der Waals surface area (Å²) in [5, 5.41) is 10.7. The zero-order valence-corrected chi connectivity index (χ0v) is 11.9. The van der Waals surface area contributed by atoms with Crippen molar-refractivity contribution in [1.29, 1.82) is 0 Å². The largest absolute Gasteiger partial charge is 0.481 e. The Morgan fingerprint density at radius 1 is 1.58 bits per heavy atom. The van der Waals surface area contributed by atoms with E-state index in [1.54, 1.807) is 28.2 Å². The molecular weight excluding hydrogens is 264 g/mol. The first-order valence-corrected chi connectivity index (χ1v) is 7.14. The molecule has 1 atom stereocenters. The summed E-state index contributed by atoms with van der Waals surface area (Å²) < 4.78 is 0. The van der Waals surface area contributed by atoms with E-state index in [2.05, 4.69) is 0 Å². The minimum Gasteiger partial charge on any atom is -0.481 e. The topological polar surface area (TPSA) is 60.9 Å². The molecule has 1 fully saturated rings. The van der Waals surface area contributed by atoms with Crippen molar-refractivity contribution in [3.05, 3.63) is 22.4 Å². The zero-order valence-electron chi connectivity index (χ0n) is 11.1. The molecule has 5 nitrogen and oxygen atoms in total. The van der Waals surface area contributed by atoms with E-state index in [0.717, 1.165) is 4.88 Å². The Bertz CT molecular complexity index is 454. The van der Waals surface area contributed by atoms with E-state index in [1.165, 1.54) is 0 Å². The number of hydrogen-bond acceptors (Lipinski definition) is 3. The number of rotatable bonds is 4. The zero-order chi connectivity index (χ0) is 14.0. The number of hydrogen-bond donors (Lipinski definition) is 1. The van der Waals surface area contributed by atoms with Crippen LogP contribution >= 0.6 is 11.3 Å². The van der Waals surface area contributed by atoms with E-state index in [-0.39, 0.29) is 24.4 Å². The fourth-order valence-electron chi connectivity index (χ4n) is 2.21. The van der Waals surface area contributed by atoms with Gasteiger partial charge in [-0.3, -0.25) is 4.79 Å². The maximum atomic E-state index is 12.2. The van der Waals surface area contributed by atoms with Crippen LogP contribution in [0, 0.1) is 5.92 Å². The quantitative estimate of drug-likeness (QED) is 0.921. The highest BCUT2D eigenvalue weighted by molar-refractivity contribution is 7.10. The van der Waals surface area contributed by atoms with Gasteiger partial charge in [0.25, 0.3) is 0 Å². The predicted octanol–water partition coefficient (Wildman–Crippen LogP) is 2.27. The molecule has 1 aromatic heterocycles. The molecule has 0 radical (unpaired) electrons. The highest BCUT2D eigenvalue weighted by atomic mass is 32.1. The number of thiophene rings is 1. The van der Waals surface area contributed by atoms with Gasteiger partial charge in [-0.25, -0.2) is 4.79 Å². The van der Waals surface area contributed by atoms with Crippen molar-refractivity contribution in [2.75, 3.05) is 20.1 Å². The first-order chi connectivity index (χ1) is 8.99. The Kier molecular flexibility index (Phi) is 4.09. The van der Waals surface area contributed by atoms with Gasteiger partial charge in [0.2, 0.25) is 0 Å². The second-order valence-corrected chi connectivity index (χ2v) is 5.93. The van der Waals surface area contributed by atoms with E-state index in [9.17, 15) is 9.59 Å². The molecule has 0 saturated carbocycles. The highest BCUT2D eigenvalue weighted by Gasteiger charge is 2.34. The number of carbonyl (C=O) groups excluding carboxylic acids is 1. The van der Waals surface area contributed by atoms with Crippen LogP contribution in [0.1, 0.15) is 24.3 Å². The Labute approximate surface area is 116 Å². The lowest BCUT2D eigenvalue weighted by Gasteiger charge is -2.41. The molecule has 1 unspecified atom stereocenters. The molecule has 2 rings (SSSR count). The molecule has 1 aliphatic rings. The summed E-state index contributed by atoms with van der Waals surface area (Å²) >= 11 is 1.63. The van der Waals surface area contributed by atoms with Crippen LogP contribution in [0.4, 0.5) is 4.79 Å². The molecular formula is C13H18N2O3S. The van der Waals surface area contributed by atoms with Crippen molar-refractivity contribution in [2.24, 2.45) is 5.92 Å². The first kappa shape index (κ1) is 13.9. The molecule has 2 amide bonds. The molecule has 6 heteroatoms. The third-order valence-corrected chi connectivity index (χ3v) is 4.57. The minimum atomic E-state index is -0.794. The Hall–Kier alpha value is -1.56. The summed E-state index contributed by atoms with van der Waals surface area (Å²) in [6, 6.07) is 4.01. The lowest BCUT2D eigenvalue weighted by atomic mass is 9.97. The fraction of sp³-hybridized carbons (Fsp3) is 0.538. The van der Waals surface area contributed by atoms with Crippen LogP contribution in [-0.4, -0.2) is 47.0 Å². The lowest BCUT2D eigenvalue weighted by molar-refractivity contribution is -0.139. The van der Waals surface area contributed by atoms with Gasteiger partial charge in [-0.05, 0) is 18.4 Å². The van der Waals surface area contributed by atoms with Crippen molar-refractivity contribution in [3.63, 3.8) is 0 Å². The Morgan fingerprint density at radius 3 is 2.79 bits per heavy atom. The summed E-state index contributed by atoms with van der Waals surface area (Å²) in [6.07, 6.45) is 0.147. The number of nitrogens with zero attached hydrogens (tertiary/aromatic N) is 2. The number of carbonyl (C=O) groups is 2. The molecule has 19 heavy (non-hydrogen) atoms. The van der Waals surface area contributed by atoms with E-state index < -0.39 is 5.97 Å². The molecule has 0 aromatic carbocycles. The highest BCUT2D eigenvalue weighted by Crippen LogP contribution is 2.27. The van der Waals surface area contributed by atoms with Crippen molar-refractivity contribution in [1.82, 2.24) is 9.80 Å². The van der Waals surface area contributed by atoms with Gasteiger partial charge >= 0.3 is 12.0 Å². The van der Waals surface area contributed by atoms with Crippen LogP contribution < -0.4 is 0 Å². The summed E-state index contributed by atoms with van der Waals surface area (Å²) in [7, 11) is 1.79. The second-order valence-electron chi connectivity index (χ2n) is 4.95.